The third kappa shape index (κ3) is 15.4. The Hall–Kier alpha value is -10.4. The van der Waals surface area contributed by atoms with Crippen molar-refractivity contribution in [2.45, 2.75) is 214 Å². The molecule has 15 unspecified atom stereocenters. The van der Waals surface area contributed by atoms with Crippen LogP contribution in [-0.2, 0) is 14.9 Å². The van der Waals surface area contributed by atoms with Gasteiger partial charge < -0.3 is 19.3 Å². The minimum absolute atomic E-state index is 0.00105. The van der Waals surface area contributed by atoms with E-state index in [0.717, 1.165) is 175 Å². The van der Waals surface area contributed by atoms with Crippen molar-refractivity contribution in [2.75, 3.05) is 9.80 Å². The minimum atomic E-state index is -1.00. The van der Waals surface area contributed by atoms with Crippen LogP contribution in [0.1, 0.15) is 190 Å². The van der Waals surface area contributed by atoms with Crippen LogP contribution in [0, 0.1) is 58.7 Å². The van der Waals surface area contributed by atoms with Crippen LogP contribution in [0.3, 0.4) is 0 Å². The molecule has 0 aromatic heterocycles. The Kier molecular flexibility index (Phi) is 22.6. The SMILES string of the molecule is C=CC1=CC=C(OC2CCC(C3(C4=CCC(F)C=C4)C4=C(C=CCC4)C4C=CC(N(C5=CC6CC7C(C=C6C=C5)SC5C=CC(N(C6=CC=C(C8=CCCC(C9=CC=C(F)CC9)=C8)CC6)c6ccc8c(c6)C(C6C=CC(F)=CC6)(C6C=CC(OC9=CCC(C=C)CC9)CC6)C6=C8C=CCC6)=CC57)c5ccc(-c6cccc(C7=CCC(F)CC7)c6)cc5)=CC43)CC2)CC1. The molecule has 0 N–H and O–H groups in total. The number of ether oxygens (including phenoxy) is 2. The van der Waals surface area contributed by atoms with Crippen LogP contribution < -0.4 is 9.80 Å². The van der Waals surface area contributed by atoms with Gasteiger partial charge in [-0.3, -0.25) is 0 Å². The van der Waals surface area contributed by atoms with Crippen LogP contribution in [0.5, 0.6) is 0 Å². The van der Waals surface area contributed by atoms with Crippen molar-refractivity contribution in [1.29, 1.82) is 0 Å². The normalized spacial score (nSPS) is 33.1. The van der Waals surface area contributed by atoms with Gasteiger partial charge in [0.15, 0.2) is 0 Å². The second kappa shape index (κ2) is 34.9. The van der Waals surface area contributed by atoms with Gasteiger partial charge in [0.2, 0.25) is 0 Å². The summed E-state index contributed by atoms with van der Waals surface area (Å²) in [5.41, 5.74) is 28.7. The van der Waals surface area contributed by atoms with Crippen molar-refractivity contribution in [3.05, 3.63) is 405 Å². The molecule has 1 saturated heterocycles. The Labute approximate surface area is 754 Å². The molecule has 18 aliphatic carbocycles. The van der Waals surface area contributed by atoms with E-state index in [1.54, 1.807) is 17.7 Å². The summed E-state index contributed by atoms with van der Waals surface area (Å²) in [5, 5.41) is 0.620. The second-order valence-corrected chi connectivity index (χ2v) is 40.5. The van der Waals surface area contributed by atoms with Gasteiger partial charge in [-0.1, -0.05) is 200 Å². The Balaban J connectivity index is 0.627. The molecule has 127 heavy (non-hydrogen) atoms. The molecule has 2 fully saturated rings. The predicted octanol–water partition coefficient (Wildman–Crippen LogP) is 30.9. The fourth-order valence-corrected chi connectivity index (χ4v) is 27.9. The number of nitrogens with zero attached hydrogens (tertiary/aromatic N) is 2. The number of hydrogen-bond acceptors (Lipinski definition) is 5. The van der Waals surface area contributed by atoms with E-state index in [1.165, 1.54) is 101 Å². The number of anilines is 2. The molecule has 1 aliphatic heterocycles. The zero-order valence-electron chi connectivity index (χ0n) is 73.3. The van der Waals surface area contributed by atoms with Crippen molar-refractivity contribution >= 4 is 34.3 Å². The number of hydrogen-bond donors (Lipinski definition) is 0. The summed E-state index contributed by atoms with van der Waals surface area (Å²) in [5.74, 6) is 4.03. The molecule has 0 radical (unpaired) electrons. The van der Waals surface area contributed by atoms with E-state index in [4.69, 9.17) is 9.47 Å². The average molecular weight is 1700 g/mol. The fraction of sp³-hybridized carbons (Fsp3) is 0.373. The van der Waals surface area contributed by atoms with E-state index < -0.39 is 17.8 Å². The molecule has 0 bridgehead atoms. The van der Waals surface area contributed by atoms with Gasteiger partial charge in [-0.25, -0.2) is 17.6 Å². The lowest BCUT2D eigenvalue weighted by atomic mass is 9.54. The van der Waals surface area contributed by atoms with Crippen molar-refractivity contribution in [1.82, 2.24) is 0 Å². The monoisotopic (exact) mass is 1700 g/mol. The van der Waals surface area contributed by atoms with Gasteiger partial charge in [0.05, 0.1) is 17.6 Å². The number of thioether (sulfide) groups is 1. The summed E-state index contributed by atoms with van der Waals surface area (Å²) in [4.78, 5) is 5.23. The molecule has 3 aromatic carbocycles. The molecule has 0 amide bonds. The maximum atomic E-state index is 15.8. The van der Waals surface area contributed by atoms with Gasteiger partial charge in [-0.15, -0.1) is 18.3 Å². The lowest BCUT2D eigenvalue weighted by Crippen LogP contribution is -2.43. The lowest BCUT2D eigenvalue weighted by molar-refractivity contribution is 0.0350. The number of fused-ring (bicyclic) bond motifs is 8. The van der Waals surface area contributed by atoms with Gasteiger partial charge in [0.1, 0.15) is 30.1 Å². The Morgan fingerprint density at radius 3 is 2.13 bits per heavy atom. The quantitative estimate of drug-likeness (QED) is 0.0829. The zero-order chi connectivity index (χ0) is 85.4. The van der Waals surface area contributed by atoms with Crippen LogP contribution in [0.4, 0.5) is 28.9 Å². The van der Waals surface area contributed by atoms with Crippen molar-refractivity contribution < 1.29 is 27.0 Å². The highest BCUT2D eigenvalue weighted by Gasteiger charge is 2.59. The third-order valence-corrected chi connectivity index (χ3v) is 34.0. The minimum Gasteiger partial charge on any atom is -0.495 e. The van der Waals surface area contributed by atoms with Crippen molar-refractivity contribution in [3.8, 4) is 11.1 Å². The first kappa shape index (κ1) is 82.3. The molecular formula is C118H118F4N2O2S. The van der Waals surface area contributed by atoms with Gasteiger partial charge in [-0.2, -0.15) is 0 Å². The van der Waals surface area contributed by atoms with Crippen molar-refractivity contribution in [3.63, 3.8) is 0 Å². The first-order valence-corrected chi connectivity index (χ1v) is 49.3. The van der Waals surface area contributed by atoms with Gasteiger partial charge >= 0.3 is 0 Å². The zero-order valence-corrected chi connectivity index (χ0v) is 74.1. The smallest absolute Gasteiger partial charge is 0.122 e. The molecule has 646 valence electrons. The van der Waals surface area contributed by atoms with Crippen LogP contribution in [0.2, 0.25) is 0 Å². The molecule has 1 saturated carbocycles. The number of benzene rings is 3. The maximum absolute atomic E-state index is 15.8. The summed E-state index contributed by atoms with van der Waals surface area (Å²) < 4.78 is 74.2. The highest BCUT2D eigenvalue weighted by Crippen LogP contribution is 2.68. The highest BCUT2D eigenvalue weighted by molar-refractivity contribution is 8.01. The van der Waals surface area contributed by atoms with Gasteiger partial charge in [0, 0.05) is 98.9 Å². The molecule has 3 aromatic rings. The summed E-state index contributed by atoms with van der Waals surface area (Å²) in [6.07, 6.45) is 100. The van der Waals surface area contributed by atoms with Gasteiger partial charge in [-0.05, 0) is 358 Å². The summed E-state index contributed by atoms with van der Waals surface area (Å²) in [6, 6.07) is 25.6. The summed E-state index contributed by atoms with van der Waals surface area (Å²) in [6.45, 7) is 8.16. The second-order valence-electron chi connectivity index (χ2n) is 39.2. The summed E-state index contributed by atoms with van der Waals surface area (Å²) in [7, 11) is 0. The van der Waals surface area contributed by atoms with Gasteiger partial charge in [0.25, 0.3) is 0 Å². The first-order valence-electron chi connectivity index (χ1n) is 48.3. The topological polar surface area (TPSA) is 24.9 Å². The van der Waals surface area contributed by atoms with E-state index in [-0.39, 0.29) is 64.8 Å². The Bertz CT molecular complexity index is 5900. The highest BCUT2D eigenvalue weighted by atomic mass is 32.2. The first-order chi connectivity index (χ1) is 62.4. The fourth-order valence-electron chi connectivity index (χ4n) is 26.1. The van der Waals surface area contributed by atoms with Crippen LogP contribution in [-0.4, -0.2) is 35.1 Å². The maximum Gasteiger partial charge on any atom is 0.122 e. The van der Waals surface area contributed by atoms with Crippen molar-refractivity contribution in [2.24, 2.45) is 58.7 Å². The number of allylic oxidation sites excluding steroid dienone is 48. The summed E-state index contributed by atoms with van der Waals surface area (Å²) >= 11 is 2.15. The van der Waals surface area contributed by atoms with Crippen LogP contribution >= 0.6 is 11.8 Å². The van der Waals surface area contributed by atoms with E-state index >= 15 is 8.78 Å². The number of rotatable bonds is 20. The van der Waals surface area contributed by atoms with E-state index in [0.29, 0.717) is 60.4 Å². The largest absolute Gasteiger partial charge is 0.495 e. The van der Waals surface area contributed by atoms with E-state index in [1.807, 2.05) is 24.3 Å². The molecule has 4 nitrogen and oxygen atoms in total. The Morgan fingerprint density at radius 1 is 0.512 bits per heavy atom. The number of alkyl halides is 2. The Morgan fingerprint density at radius 2 is 1.35 bits per heavy atom. The lowest BCUT2D eigenvalue weighted by Gasteiger charge is -2.50. The van der Waals surface area contributed by atoms with Crippen LogP contribution in [0.25, 0.3) is 22.3 Å². The molecule has 0 spiro atoms. The van der Waals surface area contributed by atoms with E-state index in [9.17, 15) is 8.78 Å². The molecule has 15 atom stereocenters. The third-order valence-electron chi connectivity index (χ3n) is 32.4. The van der Waals surface area contributed by atoms with E-state index in [2.05, 4.69) is 272 Å². The standard InChI is InChI=1S/C118H118F4N2O2S/c1-3-75-19-56-101(57-20-75)125-103-60-36-89(37-61-103)117(87-32-44-93(121)45-33-87)111-17-7-5-15-105(111)107-64-53-99(73-113(107)117)123(95-48-27-79(28-49-95)83-13-9-11-81(67-83)77-23-40-91(119)41-24-77)97-52-31-85-71-116-109(70-86(85)69-97)110-72-98(55-66-115(110)127-116)124(96-50-29-80(30-51-96)84-14-10-12-82(68-84)78-25-42-92(120)43-26-78)100-54-65-108-106-16-6-8-18-112(106)118(114(108)74-100,88-34-46-94(122)47-35-88)90-38-62-104(63-39-90)126-102-58-21-76(4-2)22-59-102/h3-6,9,11,13-16,19,23,25,27-29,31-34,38,42,44,46-50,52-56,58,62,64-69,71-74,76,86,88-91,93,103-104,107,109-110,113,115-116H,1-2,7-8,10,12,17-18,20-22,24,26,30,35-37,39-41,43,45,51,57,59-61,63,70H2. The average Bonchev–Trinajstić information content (AvgIpc) is 1.54. The molecule has 22 rings (SSSR count). The molecule has 19 aliphatic rings. The number of halogens is 4. The molecule has 9 heteroatoms. The molecule has 1 heterocycles. The molecular weight excluding hydrogens is 1590 g/mol. The van der Waals surface area contributed by atoms with Crippen LogP contribution in [0.15, 0.2) is 388 Å². The predicted molar refractivity (Wildman–Crippen MR) is 517 cm³/mol.